The molecule has 8 heteroatoms. The SMILES string of the molecule is C[C@@H]1COCCN1c1cc(CO)c2ccnc(/C(=C/C=N)NC3CCCCO3)c2n1. The molecule has 2 saturated heterocycles. The molecule has 0 saturated carbocycles. The summed E-state index contributed by atoms with van der Waals surface area (Å²) in [5.41, 5.74) is 2.86. The number of allylic oxidation sites excluding steroid dienone is 1. The number of pyridine rings is 2. The van der Waals surface area contributed by atoms with Crippen LogP contribution in [0.3, 0.4) is 0 Å². The van der Waals surface area contributed by atoms with Gasteiger partial charge in [0.05, 0.1) is 31.6 Å². The molecule has 8 nitrogen and oxygen atoms in total. The van der Waals surface area contributed by atoms with Gasteiger partial charge in [-0.05, 0) is 50.0 Å². The molecule has 1 unspecified atom stereocenters. The molecule has 30 heavy (non-hydrogen) atoms. The number of hydrogen-bond donors (Lipinski definition) is 3. The molecule has 4 rings (SSSR count). The van der Waals surface area contributed by atoms with Crippen molar-refractivity contribution in [3.05, 3.63) is 35.7 Å². The largest absolute Gasteiger partial charge is 0.392 e. The van der Waals surface area contributed by atoms with Gasteiger partial charge in [0.15, 0.2) is 0 Å². The molecule has 0 bridgehead atoms. The smallest absolute Gasteiger partial charge is 0.130 e. The highest BCUT2D eigenvalue weighted by Crippen LogP contribution is 2.29. The number of morpholine rings is 1. The molecule has 0 radical (unpaired) electrons. The molecule has 4 heterocycles. The van der Waals surface area contributed by atoms with Gasteiger partial charge in [-0.15, -0.1) is 0 Å². The average Bonchev–Trinajstić information content (AvgIpc) is 2.78. The minimum absolute atomic E-state index is 0.0863. The van der Waals surface area contributed by atoms with Crippen molar-refractivity contribution in [1.29, 1.82) is 5.41 Å². The monoisotopic (exact) mass is 411 g/mol. The number of nitrogens with one attached hydrogen (secondary N) is 2. The van der Waals surface area contributed by atoms with E-state index in [-0.39, 0.29) is 18.9 Å². The lowest BCUT2D eigenvalue weighted by Gasteiger charge is -2.34. The van der Waals surface area contributed by atoms with Gasteiger partial charge < -0.3 is 30.2 Å². The first kappa shape index (κ1) is 20.7. The van der Waals surface area contributed by atoms with E-state index >= 15 is 0 Å². The zero-order chi connectivity index (χ0) is 20.9. The Hall–Kier alpha value is -2.55. The van der Waals surface area contributed by atoms with Crippen molar-refractivity contribution in [2.24, 2.45) is 0 Å². The number of hydrogen-bond acceptors (Lipinski definition) is 8. The molecule has 2 fully saturated rings. The number of fused-ring (bicyclic) bond motifs is 1. The fraction of sp³-hybridized carbons (Fsp3) is 0.500. The first-order valence-corrected chi connectivity index (χ1v) is 10.5. The van der Waals surface area contributed by atoms with Crippen LogP contribution in [-0.2, 0) is 16.1 Å². The van der Waals surface area contributed by atoms with Gasteiger partial charge in [0.1, 0.15) is 23.3 Å². The Bertz CT molecular complexity index is 926. The number of aliphatic hydroxyl groups excluding tert-OH is 1. The molecule has 2 aliphatic heterocycles. The summed E-state index contributed by atoms with van der Waals surface area (Å²) in [7, 11) is 0. The van der Waals surface area contributed by atoms with Gasteiger partial charge in [-0.2, -0.15) is 0 Å². The van der Waals surface area contributed by atoms with Gasteiger partial charge in [-0.3, -0.25) is 4.98 Å². The number of anilines is 1. The van der Waals surface area contributed by atoms with Gasteiger partial charge in [0.25, 0.3) is 0 Å². The fourth-order valence-electron chi connectivity index (χ4n) is 4.06. The lowest BCUT2D eigenvalue weighted by atomic mass is 10.1. The number of nitrogens with zero attached hydrogens (tertiary/aromatic N) is 3. The summed E-state index contributed by atoms with van der Waals surface area (Å²) in [4.78, 5) is 11.8. The van der Waals surface area contributed by atoms with Crippen LogP contribution in [0.1, 0.15) is 37.4 Å². The third kappa shape index (κ3) is 4.30. The maximum absolute atomic E-state index is 10.0. The Balaban J connectivity index is 1.79. The molecule has 2 aromatic rings. The molecule has 3 N–H and O–H groups in total. The van der Waals surface area contributed by atoms with Crippen molar-refractivity contribution < 1.29 is 14.6 Å². The van der Waals surface area contributed by atoms with Gasteiger partial charge in [0, 0.05) is 30.9 Å². The number of aromatic nitrogens is 2. The molecular weight excluding hydrogens is 382 g/mol. The summed E-state index contributed by atoms with van der Waals surface area (Å²) >= 11 is 0. The van der Waals surface area contributed by atoms with E-state index in [0.29, 0.717) is 30.1 Å². The Morgan fingerprint density at radius 1 is 1.40 bits per heavy atom. The standard InChI is InChI=1S/C22H29N5O3/c1-15-14-29-11-9-27(15)19-12-16(13-28)17-6-8-24-22(21(17)26-19)18(5-7-23)25-20-4-2-3-10-30-20/h5-8,12,15,20,23,25,28H,2-4,9-11,13-14H2,1H3/b18-5-,23-7?/t15-,20?/m1/s1. The van der Waals surface area contributed by atoms with Crippen LogP contribution in [-0.4, -0.2) is 59.9 Å². The molecule has 2 atom stereocenters. The Morgan fingerprint density at radius 2 is 2.30 bits per heavy atom. The van der Waals surface area contributed by atoms with Crippen molar-refractivity contribution in [2.75, 3.05) is 31.3 Å². The number of rotatable bonds is 6. The predicted molar refractivity (Wildman–Crippen MR) is 117 cm³/mol. The van der Waals surface area contributed by atoms with Crippen molar-refractivity contribution in [2.45, 2.75) is 45.1 Å². The molecule has 0 spiro atoms. The zero-order valence-corrected chi connectivity index (χ0v) is 17.3. The topological polar surface area (TPSA) is 104 Å². The lowest BCUT2D eigenvalue weighted by molar-refractivity contribution is 0.00530. The minimum Gasteiger partial charge on any atom is -0.392 e. The third-order valence-corrected chi connectivity index (χ3v) is 5.63. The first-order valence-electron chi connectivity index (χ1n) is 10.5. The van der Waals surface area contributed by atoms with Crippen LogP contribution in [0.15, 0.2) is 24.4 Å². The van der Waals surface area contributed by atoms with Gasteiger partial charge in [-0.1, -0.05) is 0 Å². The maximum Gasteiger partial charge on any atom is 0.130 e. The van der Waals surface area contributed by atoms with Gasteiger partial charge >= 0.3 is 0 Å². The van der Waals surface area contributed by atoms with E-state index in [2.05, 4.69) is 22.1 Å². The first-order chi connectivity index (χ1) is 14.7. The van der Waals surface area contributed by atoms with Crippen molar-refractivity contribution in [3.63, 3.8) is 0 Å². The fourth-order valence-corrected chi connectivity index (χ4v) is 4.06. The van der Waals surface area contributed by atoms with E-state index in [9.17, 15) is 5.11 Å². The molecule has 0 amide bonds. The van der Waals surface area contributed by atoms with Gasteiger partial charge in [-0.25, -0.2) is 4.98 Å². The lowest BCUT2D eigenvalue weighted by Crippen LogP contribution is -2.44. The molecule has 0 aliphatic carbocycles. The number of ether oxygens (including phenoxy) is 2. The Labute approximate surface area is 176 Å². The van der Waals surface area contributed by atoms with E-state index < -0.39 is 0 Å². The normalized spacial score (nSPS) is 22.9. The van der Waals surface area contributed by atoms with Crippen molar-refractivity contribution in [3.8, 4) is 0 Å². The summed E-state index contributed by atoms with van der Waals surface area (Å²) < 4.78 is 11.4. The van der Waals surface area contributed by atoms with E-state index in [1.807, 2.05) is 12.1 Å². The van der Waals surface area contributed by atoms with Crippen molar-refractivity contribution in [1.82, 2.24) is 15.3 Å². The van der Waals surface area contributed by atoms with Crippen LogP contribution in [0, 0.1) is 5.41 Å². The summed E-state index contributed by atoms with van der Waals surface area (Å²) in [5.74, 6) is 0.805. The van der Waals surface area contributed by atoms with Crippen LogP contribution >= 0.6 is 0 Å². The Kier molecular flexibility index (Phi) is 6.56. The highest BCUT2D eigenvalue weighted by atomic mass is 16.5. The van der Waals surface area contributed by atoms with Crippen LogP contribution in [0.2, 0.25) is 0 Å². The minimum atomic E-state index is -0.109. The predicted octanol–water partition coefficient (Wildman–Crippen LogP) is 2.45. The number of aliphatic hydroxyl groups is 1. The molecule has 160 valence electrons. The summed E-state index contributed by atoms with van der Waals surface area (Å²) in [6.45, 7) is 4.79. The zero-order valence-electron chi connectivity index (χ0n) is 17.3. The summed E-state index contributed by atoms with van der Waals surface area (Å²) in [6.07, 6.45) is 7.61. The van der Waals surface area contributed by atoms with E-state index in [1.54, 1.807) is 12.3 Å². The molecule has 2 aliphatic rings. The molecule has 0 aromatic carbocycles. The molecular formula is C22H29N5O3. The van der Waals surface area contributed by atoms with Crippen LogP contribution in [0.25, 0.3) is 16.6 Å². The van der Waals surface area contributed by atoms with E-state index in [1.165, 1.54) is 6.21 Å². The van der Waals surface area contributed by atoms with E-state index in [4.69, 9.17) is 19.9 Å². The molecule has 2 aromatic heterocycles. The quantitative estimate of drug-likeness (QED) is 0.627. The summed E-state index contributed by atoms with van der Waals surface area (Å²) in [6, 6.07) is 4.02. The second-order valence-corrected chi connectivity index (χ2v) is 7.72. The third-order valence-electron chi connectivity index (χ3n) is 5.63. The second-order valence-electron chi connectivity index (χ2n) is 7.72. The van der Waals surface area contributed by atoms with Crippen LogP contribution in [0.4, 0.5) is 5.82 Å². The second kappa shape index (κ2) is 9.51. The summed E-state index contributed by atoms with van der Waals surface area (Å²) in [5, 5.41) is 21.9. The van der Waals surface area contributed by atoms with Crippen LogP contribution in [0.5, 0.6) is 0 Å². The maximum atomic E-state index is 10.0. The highest BCUT2D eigenvalue weighted by Gasteiger charge is 2.23. The Morgan fingerprint density at radius 3 is 3.03 bits per heavy atom. The highest BCUT2D eigenvalue weighted by molar-refractivity contribution is 5.94. The average molecular weight is 412 g/mol. The van der Waals surface area contributed by atoms with Crippen LogP contribution < -0.4 is 10.2 Å². The van der Waals surface area contributed by atoms with Gasteiger partial charge in [0.2, 0.25) is 0 Å². The van der Waals surface area contributed by atoms with E-state index in [0.717, 1.165) is 49.2 Å². The van der Waals surface area contributed by atoms with Crippen molar-refractivity contribution >= 4 is 28.6 Å².